The Kier molecular flexibility index (Phi) is 3.19. The van der Waals surface area contributed by atoms with E-state index in [4.69, 9.17) is 0 Å². The van der Waals surface area contributed by atoms with Crippen molar-refractivity contribution in [3.8, 4) is 0 Å². The summed E-state index contributed by atoms with van der Waals surface area (Å²) in [7, 11) is 0. The van der Waals surface area contributed by atoms with Gasteiger partial charge in [0.2, 0.25) is 0 Å². The van der Waals surface area contributed by atoms with Crippen LogP contribution >= 0.6 is 0 Å². The number of piperazine rings is 1. The van der Waals surface area contributed by atoms with Gasteiger partial charge in [-0.05, 0) is 12.5 Å². The van der Waals surface area contributed by atoms with E-state index in [9.17, 15) is 0 Å². The third kappa shape index (κ3) is 2.20. The second-order valence-electron chi connectivity index (χ2n) is 4.87. The molecule has 2 aromatic rings. The number of aryl methyl sites for hydroxylation is 1. The maximum absolute atomic E-state index is 4.68. The number of imidazole rings is 1. The minimum atomic E-state index is 1.06. The van der Waals surface area contributed by atoms with E-state index in [-0.39, 0.29) is 0 Å². The molecular weight excluding hydrogens is 224 g/mol. The second kappa shape index (κ2) is 4.98. The molecule has 0 spiro atoms. The Morgan fingerprint density at radius 1 is 1.33 bits per heavy atom. The molecule has 1 fully saturated rings. The fourth-order valence-corrected chi connectivity index (χ4v) is 2.52. The van der Waals surface area contributed by atoms with Gasteiger partial charge in [0.05, 0.1) is 5.69 Å². The third-order valence-corrected chi connectivity index (χ3v) is 3.48. The summed E-state index contributed by atoms with van der Waals surface area (Å²) in [5, 5.41) is 3.38. The number of fused-ring (bicyclic) bond motifs is 1. The van der Waals surface area contributed by atoms with Crippen molar-refractivity contribution in [1.82, 2.24) is 14.7 Å². The number of hydrogen-bond acceptors (Lipinski definition) is 3. The minimum Gasteiger partial charge on any atom is -0.369 e. The third-order valence-electron chi connectivity index (χ3n) is 3.48. The molecule has 0 atom stereocenters. The fraction of sp³-hybridized carbons (Fsp3) is 0.500. The Labute approximate surface area is 108 Å². The van der Waals surface area contributed by atoms with E-state index in [1.807, 2.05) is 0 Å². The molecule has 1 aliphatic heterocycles. The highest BCUT2D eigenvalue weighted by Gasteiger charge is 2.11. The minimum absolute atomic E-state index is 1.06. The number of rotatable bonds is 3. The van der Waals surface area contributed by atoms with Crippen LogP contribution in [0.4, 0.5) is 5.69 Å². The van der Waals surface area contributed by atoms with Crippen molar-refractivity contribution < 1.29 is 0 Å². The van der Waals surface area contributed by atoms with E-state index < -0.39 is 0 Å². The topological polar surface area (TPSA) is 32.6 Å². The van der Waals surface area contributed by atoms with Gasteiger partial charge in [-0.3, -0.25) is 0 Å². The normalized spacial score (nSPS) is 16.4. The van der Waals surface area contributed by atoms with Crippen molar-refractivity contribution in [1.29, 1.82) is 0 Å². The molecule has 0 radical (unpaired) electrons. The summed E-state index contributed by atoms with van der Waals surface area (Å²) in [5.41, 5.74) is 3.54. The summed E-state index contributed by atoms with van der Waals surface area (Å²) in [6.07, 6.45) is 6.47. The highest BCUT2D eigenvalue weighted by molar-refractivity contribution is 5.57. The Balaban J connectivity index is 1.89. The largest absolute Gasteiger partial charge is 0.369 e. The molecule has 4 nitrogen and oxygen atoms in total. The highest BCUT2D eigenvalue weighted by atomic mass is 15.2. The molecule has 0 bridgehead atoms. The van der Waals surface area contributed by atoms with Crippen molar-refractivity contribution in [2.45, 2.75) is 19.8 Å². The number of aromatic nitrogens is 2. The van der Waals surface area contributed by atoms with Crippen molar-refractivity contribution in [2.24, 2.45) is 0 Å². The Morgan fingerprint density at radius 3 is 2.94 bits per heavy atom. The molecule has 3 heterocycles. The molecule has 0 saturated carbocycles. The molecule has 2 aromatic heterocycles. The summed E-state index contributed by atoms with van der Waals surface area (Å²) < 4.78 is 2.12. The Morgan fingerprint density at radius 2 is 2.17 bits per heavy atom. The van der Waals surface area contributed by atoms with Gasteiger partial charge < -0.3 is 14.6 Å². The average molecular weight is 244 g/mol. The van der Waals surface area contributed by atoms with Gasteiger partial charge in [0.15, 0.2) is 0 Å². The second-order valence-corrected chi connectivity index (χ2v) is 4.87. The molecule has 1 aliphatic rings. The summed E-state index contributed by atoms with van der Waals surface area (Å²) in [4.78, 5) is 7.10. The van der Waals surface area contributed by atoms with Gasteiger partial charge >= 0.3 is 0 Å². The quantitative estimate of drug-likeness (QED) is 0.892. The van der Waals surface area contributed by atoms with Crippen LogP contribution in [0.2, 0.25) is 0 Å². The van der Waals surface area contributed by atoms with E-state index in [0.29, 0.717) is 0 Å². The van der Waals surface area contributed by atoms with Crippen LogP contribution in [-0.4, -0.2) is 35.6 Å². The van der Waals surface area contributed by atoms with Crippen LogP contribution in [0.25, 0.3) is 5.65 Å². The van der Waals surface area contributed by atoms with Gasteiger partial charge in [0.25, 0.3) is 0 Å². The van der Waals surface area contributed by atoms with Crippen LogP contribution in [0.3, 0.4) is 0 Å². The van der Waals surface area contributed by atoms with E-state index in [1.165, 1.54) is 11.4 Å². The fourth-order valence-electron chi connectivity index (χ4n) is 2.52. The number of nitrogens with one attached hydrogen (secondary N) is 1. The van der Waals surface area contributed by atoms with Crippen LogP contribution in [0.1, 0.15) is 19.0 Å². The van der Waals surface area contributed by atoms with Gasteiger partial charge in [0, 0.05) is 50.3 Å². The van der Waals surface area contributed by atoms with Gasteiger partial charge in [0.1, 0.15) is 5.65 Å². The first-order chi connectivity index (χ1) is 8.86. The molecule has 0 aliphatic carbocycles. The lowest BCUT2D eigenvalue weighted by Crippen LogP contribution is -2.43. The van der Waals surface area contributed by atoms with Crippen molar-refractivity contribution in [3.05, 3.63) is 30.2 Å². The van der Waals surface area contributed by atoms with E-state index in [0.717, 1.165) is 44.7 Å². The van der Waals surface area contributed by atoms with E-state index in [2.05, 4.69) is 51.1 Å². The van der Waals surface area contributed by atoms with Gasteiger partial charge in [-0.2, -0.15) is 0 Å². The summed E-state index contributed by atoms with van der Waals surface area (Å²) in [5.74, 6) is 0. The predicted octanol–water partition coefficient (Wildman–Crippen LogP) is 1.70. The molecule has 4 heteroatoms. The predicted molar refractivity (Wildman–Crippen MR) is 74.3 cm³/mol. The summed E-state index contributed by atoms with van der Waals surface area (Å²) >= 11 is 0. The van der Waals surface area contributed by atoms with Crippen molar-refractivity contribution in [2.75, 3.05) is 31.1 Å². The lowest BCUT2D eigenvalue weighted by molar-refractivity contribution is 0.589. The monoisotopic (exact) mass is 244 g/mol. The SMILES string of the molecule is CCCc1cn2ccc(N3CCNCC3)cc2n1. The van der Waals surface area contributed by atoms with Crippen LogP contribution in [-0.2, 0) is 6.42 Å². The first-order valence-electron chi connectivity index (χ1n) is 6.80. The van der Waals surface area contributed by atoms with E-state index in [1.54, 1.807) is 0 Å². The zero-order chi connectivity index (χ0) is 12.4. The number of nitrogens with zero attached hydrogens (tertiary/aromatic N) is 3. The summed E-state index contributed by atoms with van der Waals surface area (Å²) in [6, 6.07) is 4.39. The Bertz CT molecular complexity index is 526. The maximum Gasteiger partial charge on any atom is 0.139 e. The standard InChI is InChI=1S/C14H20N4/c1-2-3-12-11-18-7-4-13(10-14(18)16-12)17-8-5-15-6-9-17/h4,7,10-11,15H,2-3,5-6,8-9H2,1H3. The molecule has 1 N–H and O–H groups in total. The number of hydrogen-bond donors (Lipinski definition) is 1. The maximum atomic E-state index is 4.68. The first kappa shape index (κ1) is 11.5. The zero-order valence-electron chi connectivity index (χ0n) is 10.9. The zero-order valence-corrected chi connectivity index (χ0v) is 10.9. The molecule has 0 unspecified atom stereocenters. The molecule has 3 rings (SSSR count). The van der Waals surface area contributed by atoms with Crippen molar-refractivity contribution in [3.63, 3.8) is 0 Å². The molecule has 18 heavy (non-hydrogen) atoms. The first-order valence-corrected chi connectivity index (χ1v) is 6.80. The van der Waals surface area contributed by atoms with Gasteiger partial charge in [-0.25, -0.2) is 4.98 Å². The van der Waals surface area contributed by atoms with Crippen LogP contribution in [0.15, 0.2) is 24.5 Å². The molecule has 96 valence electrons. The van der Waals surface area contributed by atoms with E-state index >= 15 is 0 Å². The lowest BCUT2D eigenvalue weighted by atomic mass is 10.3. The Hall–Kier alpha value is -1.55. The molecule has 0 aromatic carbocycles. The van der Waals surface area contributed by atoms with Gasteiger partial charge in [-0.15, -0.1) is 0 Å². The summed E-state index contributed by atoms with van der Waals surface area (Å²) in [6.45, 7) is 6.50. The molecular formula is C14H20N4. The van der Waals surface area contributed by atoms with Crippen LogP contribution in [0, 0.1) is 0 Å². The van der Waals surface area contributed by atoms with Crippen molar-refractivity contribution >= 4 is 11.3 Å². The lowest BCUT2D eigenvalue weighted by Gasteiger charge is -2.29. The van der Waals surface area contributed by atoms with Crippen LogP contribution < -0.4 is 10.2 Å². The number of anilines is 1. The molecule has 1 saturated heterocycles. The average Bonchev–Trinajstić information content (AvgIpc) is 2.81. The smallest absolute Gasteiger partial charge is 0.139 e. The van der Waals surface area contributed by atoms with Crippen LogP contribution in [0.5, 0.6) is 0 Å². The van der Waals surface area contributed by atoms with Gasteiger partial charge in [-0.1, -0.05) is 13.3 Å². The number of pyridine rings is 1. The molecule has 0 amide bonds. The highest BCUT2D eigenvalue weighted by Crippen LogP contribution is 2.18.